The van der Waals surface area contributed by atoms with Crippen molar-refractivity contribution in [2.24, 2.45) is 0 Å². The van der Waals surface area contributed by atoms with Crippen LogP contribution in [-0.4, -0.2) is 23.6 Å². The predicted octanol–water partition coefficient (Wildman–Crippen LogP) is 5.11. The number of imidazole rings is 1. The van der Waals surface area contributed by atoms with Crippen LogP contribution < -0.4 is 0 Å². The van der Waals surface area contributed by atoms with Crippen molar-refractivity contribution in [1.82, 2.24) is 9.97 Å². The van der Waals surface area contributed by atoms with Crippen LogP contribution in [0.5, 0.6) is 0 Å². The third-order valence-electron chi connectivity index (χ3n) is 4.17. The van der Waals surface area contributed by atoms with Crippen LogP contribution in [0.4, 0.5) is 0 Å². The molecule has 0 amide bonds. The molecule has 0 aliphatic rings. The molecule has 1 aromatic heterocycles. The number of hydrogen-bond acceptors (Lipinski definition) is 4. The van der Waals surface area contributed by atoms with Gasteiger partial charge in [-0.15, -0.1) is 11.8 Å². The van der Waals surface area contributed by atoms with Crippen molar-refractivity contribution in [2.75, 3.05) is 0 Å². The second kappa shape index (κ2) is 7.68. The van der Waals surface area contributed by atoms with Gasteiger partial charge in [0.15, 0.2) is 5.03 Å². The molecule has 4 nitrogen and oxygen atoms in total. The van der Waals surface area contributed by atoms with Gasteiger partial charge >= 0.3 is 0 Å². The minimum atomic E-state index is -3.66. The van der Waals surface area contributed by atoms with Crippen molar-refractivity contribution in [3.63, 3.8) is 0 Å². The van der Waals surface area contributed by atoms with Crippen LogP contribution in [0.15, 0.2) is 69.5 Å². The molecule has 1 heterocycles. The molecule has 26 heavy (non-hydrogen) atoms. The monoisotopic (exact) mass is 386 g/mol. The first-order chi connectivity index (χ1) is 12.4. The zero-order valence-corrected chi connectivity index (χ0v) is 16.7. The van der Waals surface area contributed by atoms with E-state index in [1.165, 1.54) is 11.8 Å². The summed E-state index contributed by atoms with van der Waals surface area (Å²) in [6.07, 6.45) is 0.933. The highest BCUT2D eigenvalue weighted by Crippen LogP contribution is 2.34. The van der Waals surface area contributed by atoms with Crippen LogP contribution in [0.1, 0.15) is 25.8 Å². The first-order valence-corrected chi connectivity index (χ1v) is 10.9. The fourth-order valence-corrected chi connectivity index (χ4v) is 5.02. The summed E-state index contributed by atoms with van der Waals surface area (Å²) in [4.78, 5) is 7.95. The molecule has 0 aliphatic carbocycles. The molecule has 0 fully saturated rings. The molecular weight excluding hydrogens is 364 g/mol. The van der Waals surface area contributed by atoms with Gasteiger partial charge in [0.2, 0.25) is 9.84 Å². The van der Waals surface area contributed by atoms with Crippen LogP contribution in [0.2, 0.25) is 0 Å². The Bertz CT molecular complexity index is 978. The maximum atomic E-state index is 13.1. The van der Waals surface area contributed by atoms with Crippen molar-refractivity contribution in [3.8, 4) is 11.4 Å². The third-order valence-corrected chi connectivity index (χ3v) is 7.28. The Hall–Kier alpha value is -2.05. The van der Waals surface area contributed by atoms with Crippen molar-refractivity contribution in [3.05, 3.63) is 60.2 Å². The second-order valence-electron chi connectivity index (χ2n) is 6.24. The largest absolute Gasteiger partial charge is 0.328 e. The van der Waals surface area contributed by atoms with E-state index in [4.69, 9.17) is 0 Å². The van der Waals surface area contributed by atoms with Crippen molar-refractivity contribution in [1.29, 1.82) is 0 Å². The summed E-state index contributed by atoms with van der Waals surface area (Å²) in [6.45, 7) is 6.17. The van der Waals surface area contributed by atoms with Gasteiger partial charge in [-0.1, -0.05) is 61.9 Å². The number of H-pyrrole nitrogens is 1. The van der Waals surface area contributed by atoms with E-state index in [0.29, 0.717) is 10.9 Å². The predicted molar refractivity (Wildman–Crippen MR) is 106 cm³/mol. The number of sulfone groups is 1. The number of nitrogens with zero attached hydrogens (tertiary/aromatic N) is 1. The van der Waals surface area contributed by atoms with Gasteiger partial charge in [-0.3, -0.25) is 0 Å². The van der Waals surface area contributed by atoms with Crippen LogP contribution in [0.25, 0.3) is 11.4 Å². The Morgan fingerprint density at radius 2 is 1.73 bits per heavy atom. The molecule has 1 atom stereocenters. The highest BCUT2D eigenvalue weighted by molar-refractivity contribution is 8.00. The SMILES string of the molecule is CCC(C)Sc1nc(-c2ccc(C)cc2)[nH]c1S(=O)(=O)c1ccccc1. The maximum Gasteiger partial charge on any atom is 0.224 e. The summed E-state index contributed by atoms with van der Waals surface area (Å²) >= 11 is 1.49. The van der Waals surface area contributed by atoms with E-state index in [9.17, 15) is 8.42 Å². The highest BCUT2D eigenvalue weighted by atomic mass is 32.2. The number of aryl methyl sites for hydroxylation is 1. The quantitative estimate of drug-likeness (QED) is 0.598. The molecule has 3 rings (SSSR count). The van der Waals surface area contributed by atoms with Crippen molar-refractivity contribution in [2.45, 2.75) is 47.4 Å². The van der Waals surface area contributed by atoms with Gasteiger partial charge in [-0.25, -0.2) is 13.4 Å². The molecule has 0 aliphatic heterocycles. The number of rotatable bonds is 6. The summed E-state index contributed by atoms with van der Waals surface area (Å²) in [5, 5.41) is 0.970. The van der Waals surface area contributed by atoms with Gasteiger partial charge in [0, 0.05) is 10.8 Å². The van der Waals surface area contributed by atoms with Crippen LogP contribution >= 0.6 is 11.8 Å². The molecule has 1 unspecified atom stereocenters. The van der Waals surface area contributed by atoms with Gasteiger partial charge < -0.3 is 4.98 Å². The van der Waals surface area contributed by atoms with Gasteiger partial charge in [-0.05, 0) is 25.5 Å². The van der Waals surface area contributed by atoms with Crippen molar-refractivity contribution < 1.29 is 8.42 Å². The lowest BCUT2D eigenvalue weighted by Crippen LogP contribution is -2.05. The first kappa shape index (κ1) is 18.7. The topological polar surface area (TPSA) is 62.8 Å². The van der Waals surface area contributed by atoms with Gasteiger partial charge in [0.25, 0.3) is 0 Å². The summed E-state index contributed by atoms with van der Waals surface area (Å²) in [5.41, 5.74) is 2.02. The Morgan fingerprint density at radius 3 is 2.35 bits per heavy atom. The molecule has 0 saturated carbocycles. The second-order valence-corrected chi connectivity index (χ2v) is 9.55. The first-order valence-electron chi connectivity index (χ1n) is 8.55. The Balaban J connectivity index is 2.12. The third kappa shape index (κ3) is 3.86. The Kier molecular flexibility index (Phi) is 5.53. The fourth-order valence-electron chi connectivity index (χ4n) is 2.44. The standard InChI is InChI=1S/C20H22N2O2S2/c1-4-15(3)25-19-20(26(23,24)17-8-6-5-7-9-17)22-18(21-19)16-12-10-14(2)11-13-16/h5-13,15H,4H2,1-3H3,(H,21,22). The Labute approximate surface area is 159 Å². The normalized spacial score (nSPS) is 12.9. The highest BCUT2D eigenvalue weighted by Gasteiger charge is 2.27. The average molecular weight is 387 g/mol. The molecule has 1 N–H and O–H groups in total. The smallest absolute Gasteiger partial charge is 0.224 e. The number of hydrogen-bond donors (Lipinski definition) is 1. The van der Waals surface area contributed by atoms with Gasteiger partial charge in [0.05, 0.1) is 4.90 Å². The minimum Gasteiger partial charge on any atom is -0.328 e. The number of thioether (sulfide) groups is 1. The average Bonchev–Trinajstić information content (AvgIpc) is 3.07. The van der Waals surface area contributed by atoms with Gasteiger partial charge in [0.1, 0.15) is 10.9 Å². The number of nitrogens with one attached hydrogen (secondary N) is 1. The number of aromatic amines is 1. The van der Waals surface area contributed by atoms with Crippen LogP contribution in [-0.2, 0) is 9.84 Å². The lowest BCUT2D eigenvalue weighted by molar-refractivity contribution is 0.590. The molecule has 6 heteroatoms. The summed E-state index contributed by atoms with van der Waals surface area (Å²) < 4.78 is 26.3. The summed E-state index contributed by atoms with van der Waals surface area (Å²) in [6, 6.07) is 16.4. The number of aromatic nitrogens is 2. The van der Waals surface area contributed by atoms with Crippen LogP contribution in [0, 0.1) is 6.92 Å². The zero-order chi connectivity index (χ0) is 18.7. The van der Waals surface area contributed by atoms with E-state index in [-0.39, 0.29) is 15.2 Å². The van der Waals surface area contributed by atoms with E-state index in [1.54, 1.807) is 30.3 Å². The molecule has 2 aromatic carbocycles. The van der Waals surface area contributed by atoms with Crippen LogP contribution in [0.3, 0.4) is 0 Å². The molecule has 3 aromatic rings. The summed E-state index contributed by atoms with van der Waals surface area (Å²) in [7, 11) is -3.66. The van der Waals surface area contributed by atoms with Crippen molar-refractivity contribution >= 4 is 21.6 Å². The zero-order valence-electron chi connectivity index (χ0n) is 15.1. The lowest BCUT2D eigenvalue weighted by atomic mass is 10.1. The molecule has 0 bridgehead atoms. The van der Waals surface area contributed by atoms with E-state index in [1.807, 2.05) is 31.2 Å². The van der Waals surface area contributed by atoms with E-state index in [2.05, 4.69) is 23.8 Å². The van der Waals surface area contributed by atoms with Gasteiger partial charge in [-0.2, -0.15) is 0 Å². The molecular formula is C20H22N2O2S2. The Morgan fingerprint density at radius 1 is 1.08 bits per heavy atom. The fraction of sp³-hybridized carbons (Fsp3) is 0.250. The molecule has 0 radical (unpaired) electrons. The number of benzene rings is 2. The molecule has 0 saturated heterocycles. The van der Waals surface area contributed by atoms with E-state index >= 15 is 0 Å². The van der Waals surface area contributed by atoms with E-state index < -0.39 is 9.84 Å². The molecule has 136 valence electrons. The minimum absolute atomic E-state index is 0.171. The summed E-state index contributed by atoms with van der Waals surface area (Å²) in [5.74, 6) is 0.574. The lowest BCUT2D eigenvalue weighted by Gasteiger charge is -2.08. The molecule has 0 spiro atoms. The maximum absolute atomic E-state index is 13.1. The van der Waals surface area contributed by atoms with E-state index in [0.717, 1.165) is 17.5 Å².